The van der Waals surface area contributed by atoms with Crippen molar-refractivity contribution in [1.82, 2.24) is 0 Å². The predicted molar refractivity (Wildman–Crippen MR) is 208 cm³/mol. The predicted octanol–water partition coefficient (Wildman–Crippen LogP) is 13.1. The molecule has 20 atom stereocenters. The number of aliphatic carboxylic acids is 1. The van der Waals surface area contributed by atoms with Crippen LogP contribution in [0.1, 0.15) is 180 Å². The Morgan fingerprint density at radius 2 is 0.765 bits per heavy atom. The molecule has 51 heavy (non-hydrogen) atoms. The van der Waals surface area contributed by atoms with Gasteiger partial charge in [0.1, 0.15) is 0 Å². The Morgan fingerprint density at radius 1 is 0.412 bits per heavy atom. The van der Waals surface area contributed by atoms with Crippen LogP contribution in [-0.2, 0) is 4.79 Å². The van der Waals surface area contributed by atoms with Crippen molar-refractivity contribution in [3.05, 3.63) is 0 Å². The van der Waals surface area contributed by atoms with Crippen molar-refractivity contribution in [2.45, 2.75) is 180 Å². The minimum atomic E-state index is -0.433. The smallest absolute Gasteiger partial charge is 0.307 e. The third-order valence-corrected chi connectivity index (χ3v) is 20.6. The Balaban J connectivity index is 0.759. The summed E-state index contributed by atoms with van der Waals surface area (Å²) in [6.07, 6.45) is 40.2. The molecule has 10 fully saturated rings. The monoisotopic (exact) mass is 699 g/mol. The fourth-order valence-corrected chi connectivity index (χ4v) is 18.5. The normalized spacial score (nSPS) is 54.4. The lowest BCUT2D eigenvalue weighted by molar-refractivity contribution is -0.153. The van der Waals surface area contributed by atoms with Gasteiger partial charge in [-0.1, -0.05) is 58.3 Å². The summed E-state index contributed by atoms with van der Waals surface area (Å²) in [4.78, 5) is 12.8. The van der Waals surface area contributed by atoms with E-state index in [-0.39, 0.29) is 5.92 Å². The van der Waals surface area contributed by atoms with Crippen molar-refractivity contribution in [2.24, 2.45) is 118 Å². The number of hydrogen-bond donors (Lipinski definition) is 1. The zero-order chi connectivity index (χ0) is 34.2. The molecule has 0 amide bonds. The molecule has 0 aromatic rings. The van der Waals surface area contributed by atoms with Gasteiger partial charge in [0.25, 0.3) is 0 Å². The first-order chi connectivity index (χ1) is 25.0. The van der Waals surface area contributed by atoms with Gasteiger partial charge in [0, 0.05) is 0 Å². The second kappa shape index (κ2) is 14.5. The molecule has 0 bridgehead atoms. The zero-order valence-corrected chi connectivity index (χ0v) is 33.0. The zero-order valence-electron chi connectivity index (χ0n) is 33.0. The lowest BCUT2D eigenvalue weighted by Crippen LogP contribution is -2.50. The maximum absolute atomic E-state index is 12.8. The van der Waals surface area contributed by atoms with Gasteiger partial charge in [-0.3, -0.25) is 4.79 Å². The number of carbonyl (C=O) groups is 1. The van der Waals surface area contributed by atoms with E-state index < -0.39 is 5.97 Å². The first-order valence-electron chi connectivity index (χ1n) is 24.2. The molecular weight excluding hydrogens is 621 g/mol. The van der Waals surface area contributed by atoms with Crippen molar-refractivity contribution >= 4 is 5.97 Å². The lowest BCUT2D eigenvalue weighted by atomic mass is 9.47. The molecule has 10 aliphatic carbocycles. The molecule has 0 aromatic heterocycles. The molecule has 0 heterocycles. The highest BCUT2D eigenvalue weighted by molar-refractivity contribution is 5.71. The Labute approximate surface area is 313 Å². The van der Waals surface area contributed by atoms with Crippen molar-refractivity contribution in [1.29, 1.82) is 0 Å². The van der Waals surface area contributed by atoms with E-state index in [4.69, 9.17) is 0 Å². The van der Waals surface area contributed by atoms with Crippen LogP contribution < -0.4 is 0 Å². The van der Waals surface area contributed by atoms with Crippen molar-refractivity contribution in [3.8, 4) is 0 Å². The van der Waals surface area contributed by atoms with Crippen LogP contribution in [0.15, 0.2) is 0 Å². The van der Waals surface area contributed by atoms with Crippen molar-refractivity contribution in [3.63, 3.8) is 0 Å². The summed E-state index contributed by atoms with van der Waals surface area (Å²) in [5.74, 6) is 18.0. The van der Waals surface area contributed by atoms with Gasteiger partial charge in [-0.25, -0.2) is 0 Å². The van der Waals surface area contributed by atoms with E-state index in [1.807, 2.05) is 0 Å². The quantitative estimate of drug-likeness (QED) is 0.280. The molecule has 1 N–H and O–H groups in total. The van der Waals surface area contributed by atoms with Crippen molar-refractivity contribution < 1.29 is 9.90 Å². The van der Waals surface area contributed by atoms with E-state index in [0.29, 0.717) is 17.8 Å². The number of unbranched alkanes of at least 4 members (excludes halogenated alkanes) is 3. The molecular formula is C49H78O2. The summed E-state index contributed by atoms with van der Waals surface area (Å²) >= 11 is 0. The van der Waals surface area contributed by atoms with Gasteiger partial charge >= 0.3 is 5.97 Å². The average Bonchev–Trinajstić information content (AvgIpc) is 3.12. The van der Waals surface area contributed by atoms with Crippen LogP contribution in [0, 0.1) is 118 Å². The molecule has 2 nitrogen and oxygen atoms in total. The van der Waals surface area contributed by atoms with Gasteiger partial charge in [-0.2, -0.15) is 0 Å². The standard InChI is InChI=1S/C49H78O2/c1-2-3-4-5-8-29-11-12-32-15-35-18-38-21-41-24-42-22-39-19-36-16-33-13-30-9-6-7-10-31(30)14-34(33)17-37(36)20-40(39)23-43(42)25-44(41)26-45(38)27-46(35)28-47(32)48(29)49(50)51/h29-48H,2-28H2,1H3,(H,50,51). The number of fused-ring (bicyclic) bond motifs is 9. The van der Waals surface area contributed by atoms with Crippen LogP contribution in [0.4, 0.5) is 0 Å². The third kappa shape index (κ3) is 6.65. The molecule has 0 spiro atoms. The number of rotatable bonds is 6. The number of hydrogen-bond acceptors (Lipinski definition) is 1. The molecule has 10 saturated carbocycles. The summed E-state index contributed by atoms with van der Waals surface area (Å²) in [5.41, 5.74) is 0. The summed E-state index contributed by atoms with van der Waals surface area (Å²) in [7, 11) is 0. The molecule has 10 rings (SSSR count). The summed E-state index contributed by atoms with van der Waals surface area (Å²) in [6, 6.07) is 0. The van der Waals surface area contributed by atoms with Gasteiger partial charge in [-0.05, 0) is 234 Å². The van der Waals surface area contributed by atoms with Crippen LogP contribution in [0.2, 0.25) is 0 Å². The fraction of sp³-hybridized carbons (Fsp3) is 0.980. The second-order valence-electron chi connectivity index (χ2n) is 22.7. The average molecular weight is 699 g/mol. The van der Waals surface area contributed by atoms with Gasteiger partial charge in [0.05, 0.1) is 5.92 Å². The minimum absolute atomic E-state index is 0.0396. The van der Waals surface area contributed by atoms with E-state index in [2.05, 4.69) is 6.92 Å². The SMILES string of the molecule is CCCCCCC1CCC2CC3CC4CC5CC6CC7CC8CC9CC%10CCCCC%10CC9CC8CC7CC6CC5CC4CC3CC2C1C(=O)O. The summed E-state index contributed by atoms with van der Waals surface area (Å²) in [5, 5.41) is 10.6. The second-order valence-corrected chi connectivity index (χ2v) is 22.7. The van der Waals surface area contributed by atoms with E-state index in [0.717, 1.165) is 94.7 Å². The van der Waals surface area contributed by atoms with Crippen molar-refractivity contribution in [2.75, 3.05) is 0 Å². The first-order valence-corrected chi connectivity index (χ1v) is 24.2. The first kappa shape index (κ1) is 34.9. The maximum atomic E-state index is 12.8. The van der Waals surface area contributed by atoms with E-state index in [1.54, 1.807) is 89.9 Å². The van der Waals surface area contributed by atoms with Crippen LogP contribution >= 0.6 is 0 Å². The van der Waals surface area contributed by atoms with Gasteiger partial charge in [0.2, 0.25) is 0 Å². The maximum Gasteiger partial charge on any atom is 0.307 e. The van der Waals surface area contributed by atoms with Crippen LogP contribution in [0.3, 0.4) is 0 Å². The van der Waals surface area contributed by atoms with Gasteiger partial charge < -0.3 is 5.11 Å². The highest BCUT2D eigenvalue weighted by Gasteiger charge is 2.55. The molecule has 10 aliphatic rings. The molecule has 0 saturated heterocycles. The third-order valence-electron chi connectivity index (χ3n) is 20.6. The molecule has 0 radical (unpaired) electrons. The molecule has 0 aromatic carbocycles. The molecule has 2 heteroatoms. The Kier molecular flexibility index (Phi) is 9.94. The molecule has 286 valence electrons. The van der Waals surface area contributed by atoms with E-state index in [1.165, 1.54) is 83.5 Å². The largest absolute Gasteiger partial charge is 0.481 e. The van der Waals surface area contributed by atoms with Gasteiger partial charge in [-0.15, -0.1) is 0 Å². The minimum Gasteiger partial charge on any atom is -0.481 e. The fourth-order valence-electron chi connectivity index (χ4n) is 18.5. The number of carboxylic acids is 1. The summed E-state index contributed by atoms with van der Waals surface area (Å²) < 4.78 is 0. The van der Waals surface area contributed by atoms with E-state index >= 15 is 0 Å². The van der Waals surface area contributed by atoms with Crippen LogP contribution in [0.5, 0.6) is 0 Å². The Bertz CT molecular complexity index is 1220. The van der Waals surface area contributed by atoms with Crippen LogP contribution in [-0.4, -0.2) is 11.1 Å². The number of carboxylic acid groups (broad SMARTS) is 1. The Hall–Kier alpha value is -0.530. The molecule has 0 aliphatic heterocycles. The molecule has 20 unspecified atom stereocenters. The lowest BCUT2D eigenvalue weighted by Gasteiger charge is -2.58. The Morgan fingerprint density at radius 3 is 1.14 bits per heavy atom. The van der Waals surface area contributed by atoms with Gasteiger partial charge in [0.15, 0.2) is 0 Å². The highest BCUT2D eigenvalue weighted by Crippen LogP contribution is 2.64. The summed E-state index contributed by atoms with van der Waals surface area (Å²) in [6.45, 7) is 2.29. The van der Waals surface area contributed by atoms with Crippen LogP contribution in [0.25, 0.3) is 0 Å². The topological polar surface area (TPSA) is 37.3 Å². The highest BCUT2D eigenvalue weighted by atomic mass is 16.4. The van der Waals surface area contributed by atoms with E-state index in [9.17, 15) is 9.90 Å².